The van der Waals surface area contributed by atoms with Crippen molar-refractivity contribution in [2.45, 2.75) is 19.4 Å². The highest BCUT2D eigenvalue weighted by molar-refractivity contribution is 5.69. The summed E-state index contributed by atoms with van der Waals surface area (Å²) in [6.07, 6.45) is 0.477. The smallest absolute Gasteiger partial charge is 0.125 e. The summed E-state index contributed by atoms with van der Waals surface area (Å²) >= 11 is 0. The molecule has 2 nitrogen and oxygen atoms in total. The zero-order valence-electron chi connectivity index (χ0n) is 10.8. The maximum absolute atomic E-state index is 13.4. The third kappa shape index (κ3) is 2.22. The average Bonchev–Trinajstić information content (AvgIpc) is 2.81. The summed E-state index contributed by atoms with van der Waals surface area (Å²) in [5, 5.41) is 9.51. The molecule has 0 amide bonds. The molecule has 1 aliphatic rings. The molecule has 1 atom stereocenters. The fraction of sp³-hybridized carbons (Fsp3) is 0.250. The molecule has 0 aliphatic carbocycles. The molecule has 98 valence electrons. The van der Waals surface area contributed by atoms with Crippen LogP contribution in [0.5, 0.6) is 0 Å². The number of rotatable bonds is 2. The van der Waals surface area contributed by atoms with E-state index in [0.717, 1.165) is 29.9 Å². The van der Waals surface area contributed by atoms with E-state index in [4.69, 9.17) is 0 Å². The van der Waals surface area contributed by atoms with Gasteiger partial charge in [-0.2, -0.15) is 0 Å². The van der Waals surface area contributed by atoms with Crippen molar-refractivity contribution in [3.05, 3.63) is 59.4 Å². The Morgan fingerprint density at radius 2 is 1.89 bits per heavy atom. The maximum Gasteiger partial charge on any atom is 0.125 e. The molecule has 1 unspecified atom stereocenters. The second kappa shape index (κ2) is 4.67. The van der Waals surface area contributed by atoms with Crippen LogP contribution in [0.2, 0.25) is 0 Å². The maximum atomic E-state index is 13.4. The van der Waals surface area contributed by atoms with Gasteiger partial charge >= 0.3 is 0 Å². The second-order valence-corrected chi connectivity index (χ2v) is 4.94. The summed E-state index contributed by atoms with van der Waals surface area (Å²) in [4.78, 5) is 2.12. The highest BCUT2D eigenvalue weighted by Gasteiger charge is 2.20. The molecule has 2 aromatic carbocycles. The molecule has 3 heteroatoms. The monoisotopic (exact) mass is 257 g/mol. The van der Waals surface area contributed by atoms with E-state index in [2.05, 4.69) is 4.90 Å². The molecule has 19 heavy (non-hydrogen) atoms. The van der Waals surface area contributed by atoms with Crippen molar-refractivity contribution in [1.29, 1.82) is 0 Å². The lowest BCUT2D eigenvalue weighted by Gasteiger charge is -2.20. The molecular weight excluding hydrogens is 241 g/mol. The van der Waals surface area contributed by atoms with Gasteiger partial charge in [0.1, 0.15) is 5.82 Å². The summed E-state index contributed by atoms with van der Waals surface area (Å²) in [6, 6.07) is 12.7. The predicted octanol–water partition coefficient (Wildman–Crippen LogP) is 3.57. The predicted molar refractivity (Wildman–Crippen MR) is 74.2 cm³/mol. The summed E-state index contributed by atoms with van der Waals surface area (Å²) in [5.74, 6) is -0.203. The van der Waals surface area contributed by atoms with Gasteiger partial charge in [-0.15, -0.1) is 0 Å². The Morgan fingerprint density at radius 3 is 2.58 bits per heavy atom. The van der Waals surface area contributed by atoms with Gasteiger partial charge in [-0.05, 0) is 48.7 Å². The van der Waals surface area contributed by atoms with Crippen molar-refractivity contribution in [3.8, 4) is 0 Å². The van der Waals surface area contributed by atoms with E-state index in [1.807, 2.05) is 30.3 Å². The SMILES string of the molecule is CC(O)c1ccc(N2CCc3ccc(F)cc32)cc1. The zero-order valence-corrected chi connectivity index (χ0v) is 10.8. The van der Waals surface area contributed by atoms with Crippen molar-refractivity contribution < 1.29 is 9.50 Å². The van der Waals surface area contributed by atoms with Crippen LogP contribution in [0.4, 0.5) is 15.8 Å². The summed E-state index contributed by atoms with van der Waals surface area (Å²) in [5.41, 5.74) is 4.06. The van der Waals surface area contributed by atoms with Crippen LogP contribution in [0.25, 0.3) is 0 Å². The van der Waals surface area contributed by atoms with Crippen molar-refractivity contribution >= 4 is 11.4 Å². The Bertz CT molecular complexity index is 592. The van der Waals surface area contributed by atoms with Gasteiger partial charge < -0.3 is 10.0 Å². The Balaban J connectivity index is 1.95. The fourth-order valence-electron chi connectivity index (χ4n) is 2.55. The highest BCUT2D eigenvalue weighted by atomic mass is 19.1. The van der Waals surface area contributed by atoms with Crippen LogP contribution in [0.1, 0.15) is 24.2 Å². The molecule has 0 fully saturated rings. The molecule has 1 N–H and O–H groups in total. The molecular formula is C16H16FNO. The van der Waals surface area contributed by atoms with Gasteiger partial charge in [-0.1, -0.05) is 18.2 Å². The Hall–Kier alpha value is -1.87. The standard InChI is InChI=1S/C16H16FNO/c1-11(19)12-3-6-15(7-4-12)18-9-8-13-2-5-14(17)10-16(13)18/h2-7,10-11,19H,8-9H2,1H3. The number of halogens is 1. The molecule has 0 radical (unpaired) electrons. The van der Waals surface area contributed by atoms with Gasteiger partial charge in [0, 0.05) is 17.9 Å². The number of hydrogen-bond donors (Lipinski definition) is 1. The summed E-state index contributed by atoms with van der Waals surface area (Å²) in [6.45, 7) is 2.61. The molecule has 0 spiro atoms. The van der Waals surface area contributed by atoms with E-state index in [-0.39, 0.29) is 5.82 Å². The summed E-state index contributed by atoms with van der Waals surface area (Å²) in [7, 11) is 0. The first-order valence-corrected chi connectivity index (χ1v) is 6.49. The van der Waals surface area contributed by atoms with Gasteiger partial charge in [0.2, 0.25) is 0 Å². The molecule has 0 saturated heterocycles. The lowest BCUT2D eigenvalue weighted by molar-refractivity contribution is 0.199. The van der Waals surface area contributed by atoms with Gasteiger partial charge in [0.25, 0.3) is 0 Å². The van der Waals surface area contributed by atoms with E-state index in [0.29, 0.717) is 0 Å². The van der Waals surface area contributed by atoms with Crippen molar-refractivity contribution in [2.75, 3.05) is 11.4 Å². The van der Waals surface area contributed by atoms with Gasteiger partial charge in [0.15, 0.2) is 0 Å². The lowest BCUT2D eigenvalue weighted by atomic mass is 10.1. The number of nitrogens with zero attached hydrogens (tertiary/aromatic N) is 1. The Kier molecular flexibility index (Phi) is 2.99. The van der Waals surface area contributed by atoms with Crippen LogP contribution in [0, 0.1) is 5.82 Å². The van der Waals surface area contributed by atoms with Crippen molar-refractivity contribution in [3.63, 3.8) is 0 Å². The molecule has 0 aromatic heterocycles. The van der Waals surface area contributed by atoms with Gasteiger partial charge in [-0.3, -0.25) is 0 Å². The van der Waals surface area contributed by atoms with Crippen LogP contribution >= 0.6 is 0 Å². The number of hydrogen-bond acceptors (Lipinski definition) is 2. The minimum Gasteiger partial charge on any atom is -0.389 e. The first-order chi connectivity index (χ1) is 9.15. The first kappa shape index (κ1) is 12.2. The molecule has 3 rings (SSSR count). The van der Waals surface area contributed by atoms with E-state index in [1.54, 1.807) is 13.0 Å². The lowest BCUT2D eigenvalue weighted by Crippen LogP contribution is -2.13. The minimum absolute atomic E-state index is 0.203. The molecule has 0 saturated carbocycles. The average molecular weight is 257 g/mol. The Morgan fingerprint density at radius 1 is 1.16 bits per heavy atom. The zero-order chi connectivity index (χ0) is 13.4. The second-order valence-electron chi connectivity index (χ2n) is 4.94. The van der Waals surface area contributed by atoms with E-state index in [9.17, 15) is 9.50 Å². The Labute approximate surface area is 112 Å². The minimum atomic E-state index is -0.461. The van der Waals surface area contributed by atoms with Crippen LogP contribution < -0.4 is 4.90 Å². The van der Waals surface area contributed by atoms with Crippen LogP contribution in [0.3, 0.4) is 0 Å². The summed E-state index contributed by atoms with van der Waals surface area (Å²) < 4.78 is 13.4. The topological polar surface area (TPSA) is 23.5 Å². The van der Waals surface area contributed by atoms with E-state index < -0.39 is 6.10 Å². The molecule has 1 heterocycles. The number of aliphatic hydroxyl groups excluding tert-OH is 1. The van der Waals surface area contributed by atoms with Crippen LogP contribution in [-0.2, 0) is 6.42 Å². The third-order valence-corrected chi connectivity index (χ3v) is 3.63. The fourth-order valence-corrected chi connectivity index (χ4v) is 2.55. The number of aliphatic hydroxyl groups is 1. The molecule has 0 bridgehead atoms. The number of anilines is 2. The third-order valence-electron chi connectivity index (χ3n) is 3.63. The quantitative estimate of drug-likeness (QED) is 0.889. The molecule has 1 aliphatic heterocycles. The highest BCUT2D eigenvalue weighted by Crippen LogP contribution is 2.35. The largest absolute Gasteiger partial charge is 0.389 e. The van der Waals surface area contributed by atoms with Crippen molar-refractivity contribution in [1.82, 2.24) is 0 Å². The van der Waals surface area contributed by atoms with Crippen LogP contribution in [0.15, 0.2) is 42.5 Å². The van der Waals surface area contributed by atoms with Gasteiger partial charge in [-0.25, -0.2) is 4.39 Å². The number of benzene rings is 2. The van der Waals surface area contributed by atoms with E-state index in [1.165, 1.54) is 11.6 Å². The van der Waals surface area contributed by atoms with Crippen LogP contribution in [-0.4, -0.2) is 11.7 Å². The van der Waals surface area contributed by atoms with Crippen molar-refractivity contribution in [2.24, 2.45) is 0 Å². The van der Waals surface area contributed by atoms with Gasteiger partial charge in [0.05, 0.1) is 6.10 Å². The normalized spacial score (nSPS) is 15.4. The first-order valence-electron chi connectivity index (χ1n) is 6.49. The van der Waals surface area contributed by atoms with E-state index >= 15 is 0 Å². The number of fused-ring (bicyclic) bond motifs is 1. The molecule has 2 aromatic rings.